The topological polar surface area (TPSA) is 269 Å². The number of nitrogens with two attached hydrogens (primary N) is 3. The second kappa shape index (κ2) is 32.4. The first-order valence-electron chi connectivity index (χ1n) is 20.3. The van der Waals surface area contributed by atoms with E-state index < -0.39 is 24.0 Å². The Morgan fingerprint density at radius 2 is 1.53 bits per heavy atom. The van der Waals surface area contributed by atoms with E-state index in [-0.39, 0.29) is 80.0 Å². The van der Waals surface area contributed by atoms with E-state index in [2.05, 4.69) is 15.5 Å². The number of carbonyl (C=O) groups excluding carboxylic acids is 6. The van der Waals surface area contributed by atoms with Crippen molar-refractivity contribution in [2.75, 3.05) is 79.5 Å². The summed E-state index contributed by atoms with van der Waals surface area (Å²) in [7, 11) is 1.54. The number of nitrogens with zero attached hydrogens (tertiary/aromatic N) is 2. The van der Waals surface area contributed by atoms with Crippen LogP contribution in [-0.4, -0.2) is 137 Å². The third-order valence-electron chi connectivity index (χ3n) is 9.36. The summed E-state index contributed by atoms with van der Waals surface area (Å²) >= 11 is 0. The lowest BCUT2D eigenvalue weighted by Gasteiger charge is -2.20. The molecule has 1 aromatic carbocycles. The highest BCUT2D eigenvalue weighted by Crippen LogP contribution is 2.24. The van der Waals surface area contributed by atoms with E-state index in [1.54, 1.807) is 24.3 Å². The number of nitrogens with one attached hydrogen (secondary N) is 2. The summed E-state index contributed by atoms with van der Waals surface area (Å²) in [6.45, 7) is 12.5. The van der Waals surface area contributed by atoms with Crippen molar-refractivity contribution in [2.45, 2.75) is 95.7 Å². The van der Waals surface area contributed by atoms with Crippen LogP contribution in [0, 0.1) is 12.5 Å². The maximum absolute atomic E-state index is 12.3. The number of hydrogen-bond donors (Lipinski definition) is 6. The van der Waals surface area contributed by atoms with E-state index in [0.29, 0.717) is 84.8 Å². The lowest BCUT2D eigenvalue weighted by Crippen LogP contribution is -2.45. The van der Waals surface area contributed by atoms with Crippen LogP contribution in [0.1, 0.15) is 89.0 Å². The number of unbranched alkanes of at least 4 members (excludes halogenated alkanes) is 1. The average Bonchev–Trinajstić information content (AvgIpc) is 3.70. The summed E-state index contributed by atoms with van der Waals surface area (Å²) in [5, 5.41) is 14.4. The molecule has 1 aliphatic heterocycles. The molecule has 0 spiro atoms. The number of benzene rings is 1. The highest BCUT2D eigenvalue weighted by molar-refractivity contribution is 5.86. The monoisotopic (exact) mass is 833 g/mol. The molecule has 9 N–H and O–H groups in total. The Morgan fingerprint density at radius 3 is 2.17 bits per heavy atom. The van der Waals surface area contributed by atoms with Gasteiger partial charge in [-0.15, -0.1) is 0 Å². The molecule has 0 radical (unpaired) electrons. The van der Waals surface area contributed by atoms with Crippen LogP contribution in [-0.2, 0) is 47.7 Å². The summed E-state index contributed by atoms with van der Waals surface area (Å²) in [6.07, 6.45) is 5.10. The van der Waals surface area contributed by atoms with Gasteiger partial charge in [0.2, 0.25) is 23.6 Å². The highest BCUT2D eigenvalue weighted by atomic mass is 16.5. The number of ketones is 2. The Bertz CT molecular complexity index is 1440. The summed E-state index contributed by atoms with van der Waals surface area (Å²) < 4.78 is 21.1. The number of likely N-dealkylation sites (N-methyl/N-ethyl adjacent to an activating group) is 1. The predicted octanol–water partition coefficient (Wildman–Crippen LogP) is 1.32. The van der Waals surface area contributed by atoms with Gasteiger partial charge in [0.25, 0.3) is 0 Å². The van der Waals surface area contributed by atoms with Crippen LogP contribution in [0.25, 0.3) is 4.85 Å². The molecule has 4 amide bonds. The Kier molecular flexibility index (Phi) is 28.8. The van der Waals surface area contributed by atoms with E-state index in [1.807, 2.05) is 6.92 Å². The SMILES string of the molecule is CC(CC(=O)C[C@@H](CCCCN)C(N)=O)c1ccc(O)cc1.[C-]#[N+][C@@H]1CCCN1C(=O)[C@@H](N)CCC(=O)NCCOCCOCC(=O)CCCOCCOCC(=O)NC. The van der Waals surface area contributed by atoms with Crippen molar-refractivity contribution in [2.24, 2.45) is 23.1 Å². The molecule has 59 heavy (non-hydrogen) atoms. The van der Waals surface area contributed by atoms with Gasteiger partial charge in [0.05, 0.1) is 39.1 Å². The minimum atomic E-state index is -0.794. The molecule has 1 aromatic rings. The molecule has 332 valence electrons. The molecule has 18 nitrogen and oxygen atoms in total. The van der Waals surface area contributed by atoms with Gasteiger partial charge >= 0.3 is 6.17 Å². The Labute approximate surface area is 348 Å². The lowest BCUT2D eigenvalue weighted by molar-refractivity contribution is -0.133. The standard InChI is InChI=1S/C24H41N5O8.C17H26N2O3/c1-26-21-6-3-10-29(21)24(33)20(25)7-8-22(31)28-9-12-35-14-15-36-17-19(30)5-4-11-34-13-16-37-18-23(32)27-2;1-12(13-5-7-15(20)8-6-13)10-16(21)11-14(17(19)22)4-2-3-9-18/h20-21H,3-18,25H2,2H3,(H,27,32)(H,28,31);5-8,12,14,20H,2-4,9-11,18H2,1H3,(H2,19,22)/t20-,21-;12?,14-/m01/s1. The molecule has 1 fully saturated rings. The number of rotatable bonds is 31. The van der Waals surface area contributed by atoms with Crippen molar-refractivity contribution < 1.29 is 52.8 Å². The fourth-order valence-electron chi connectivity index (χ4n) is 5.92. The van der Waals surface area contributed by atoms with Crippen molar-refractivity contribution in [3.8, 4) is 5.75 Å². The fraction of sp³-hybridized carbons (Fsp3) is 0.683. The second-order valence-corrected chi connectivity index (χ2v) is 14.2. The Balaban J connectivity index is 0.000000672. The van der Waals surface area contributed by atoms with Crippen molar-refractivity contribution in [1.82, 2.24) is 15.5 Å². The number of aromatic hydroxyl groups is 1. The number of likely N-dealkylation sites (tertiary alicyclic amines) is 1. The maximum Gasteiger partial charge on any atom is 0.300 e. The lowest BCUT2D eigenvalue weighted by atomic mass is 9.89. The summed E-state index contributed by atoms with van der Waals surface area (Å²) in [5.74, 6) is -1.25. The smallest absolute Gasteiger partial charge is 0.300 e. The molecule has 0 bridgehead atoms. The van der Waals surface area contributed by atoms with Crippen molar-refractivity contribution in [3.63, 3.8) is 0 Å². The van der Waals surface area contributed by atoms with Crippen LogP contribution in [0.15, 0.2) is 24.3 Å². The largest absolute Gasteiger partial charge is 0.508 e. The summed E-state index contributed by atoms with van der Waals surface area (Å²) in [6, 6.07) is 6.03. The van der Waals surface area contributed by atoms with Gasteiger partial charge in [-0.05, 0) is 62.3 Å². The predicted molar refractivity (Wildman–Crippen MR) is 219 cm³/mol. The first-order chi connectivity index (χ1) is 28.3. The zero-order chi connectivity index (χ0) is 43.8. The molecular formula is C41H67N7O11. The molecule has 1 heterocycles. The van der Waals surface area contributed by atoms with Gasteiger partial charge in [0.1, 0.15) is 24.7 Å². The summed E-state index contributed by atoms with van der Waals surface area (Å²) in [4.78, 5) is 75.6. The van der Waals surface area contributed by atoms with Crippen LogP contribution >= 0.6 is 0 Å². The average molecular weight is 834 g/mol. The fourth-order valence-corrected chi connectivity index (χ4v) is 5.92. The number of Topliss-reactive ketones (excluding diaryl/α,β-unsaturated/α-hetero) is 2. The quantitative estimate of drug-likeness (QED) is 0.0456. The Hall–Kier alpha value is -4.51. The van der Waals surface area contributed by atoms with Gasteiger partial charge < -0.3 is 51.9 Å². The van der Waals surface area contributed by atoms with E-state index in [0.717, 1.165) is 24.8 Å². The zero-order valence-corrected chi connectivity index (χ0v) is 34.8. The van der Waals surface area contributed by atoms with Crippen LogP contribution in [0.4, 0.5) is 0 Å². The van der Waals surface area contributed by atoms with E-state index in [4.69, 9.17) is 42.7 Å². The summed E-state index contributed by atoms with van der Waals surface area (Å²) in [5.41, 5.74) is 17.7. The molecule has 2 rings (SSSR count). The Morgan fingerprint density at radius 1 is 0.864 bits per heavy atom. The first kappa shape index (κ1) is 52.5. The normalized spacial score (nSPS) is 14.9. The van der Waals surface area contributed by atoms with Gasteiger partial charge in [-0.1, -0.05) is 25.5 Å². The maximum atomic E-state index is 12.3. The van der Waals surface area contributed by atoms with E-state index in [9.17, 15) is 33.9 Å². The molecule has 0 aliphatic carbocycles. The number of carbonyl (C=O) groups is 6. The molecule has 4 atom stereocenters. The van der Waals surface area contributed by atoms with Gasteiger partial charge in [0.15, 0.2) is 5.78 Å². The minimum Gasteiger partial charge on any atom is -0.508 e. The van der Waals surface area contributed by atoms with Gasteiger partial charge in [-0.3, -0.25) is 38.5 Å². The molecule has 0 saturated carbocycles. The van der Waals surface area contributed by atoms with Gasteiger partial charge in [-0.25, -0.2) is 6.57 Å². The molecule has 1 aliphatic rings. The minimum absolute atomic E-state index is 0.00190. The van der Waals surface area contributed by atoms with Crippen LogP contribution in [0.2, 0.25) is 0 Å². The van der Waals surface area contributed by atoms with Gasteiger partial charge in [-0.2, -0.15) is 0 Å². The van der Waals surface area contributed by atoms with Crippen LogP contribution in [0.3, 0.4) is 0 Å². The van der Waals surface area contributed by atoms with Crippen LogP contribution < -0.4 is 27.8 Å². The van der Waals surface area contributed by atoms with E-state index in [1.165, 1.54) is 11.9 Å². The van der Waals surface area contributed by atoms with E-state index >= 15 is 0 Å². The molecular weight excluding hydrogens is 766 g/mol. The highest BCUT2D eigenvalue weighted by Gasteiger charge is 2.35. The van der Waals surface area contributed by atoms with Crippen molar-refractivity contribution >= 4 is 35.2 Å². The van der Waals surface area contributed by atoms with Crippen molar-refractivity contribution in [3.05, 3.63) is 41.2 Å². The van der Waals surface area contributed by atoms with Crippen LogP contribution in [0.5, 0.6) is 5.75 Å². The number of phenolic OH excluding ortho intramolecular Hbond substituents is 1. The second-order valence-electron chi connectivity index (χ2n) is 14.2. The van der Waals surface area contributed by atoms with Crippen molar-refractivity contribution in [1.29, 1.82) is 0 Å². The van der Waals surface area contributed by atoms with Gasteiger partial charge in [0, 0.05) is 64.8 Å². The molecule has 0 aromatic heterocycles. The third-order valence-corrected chi connectivity index (χ3v) is 9.36. The first-order valence-corrected chi connectivity index (χ1v) is 20.3. The number of amides is 4. The zero-order valence-electron chi connectivity index (χ0n) is 34.8. The number of hydrogen-bond acceptors (Lipinski definition) is 13. The third kappa shape index (κ3) is 24.9. The number of primary amides is 1. The number of ether oxygens (including phenoxy) is 4. The molecule has 1 unspecified atom stereocenters. The molecule has 18 heteroatoms. The number of phenols is 1. The molecule has 1 saturated heterocycles.